The molecule has 6 heteroatoms. The number of halogens is 1. The van der Waals surface area contributed by atoms with Crippen molar-refractivity contribution < 1.29 is 4.74 Å². The van der Waals surface area contributed by atoms with E-state index in [1.54, 1.807) is 0 Å². The topological polar surface area (TPSA) is 40.1 Å². The summed E-state index contributed by atoms with van der Waals surface area (Å²) in [5, 5.41) is 3.75. The zero-order valence-electron chi connectivity index (χ0n) is 17.8. The van der Waals surface area contributed by atoms with Crippen molar-refractivity contribution in [3.63, 3.8) is 0 Å². The highest BCUT2D eigenvalue weighted by Gasteiger charge is 2.40. The minimum atomic E-state index is 0. The summed E-state index contributed by atoms with van der Waals surface area (Å²) in [6.07, 6.45) is 13.7. The molecule has 3 heterocycles. The fourth-order valence-electron chi connectivity index (χ4n) is 5.94. The Morgan fingerprint density at radius 1 is 1.04 bits per heavy atom. The third-order valence-corrected chi connectivity index (χ3v) is 7.72. The van der Waals surface area contributed by atoms with E-state index in [4.69, 9.17) is 4.74 Å². The summed E-state index contributed by atoms with van der Waals surface area (Å²) < 4.78 is 5.60. The lowest BCUT2D eigenvalue weighted by molar-refractivity contribution is 0.0217. The average molecular weight is 505 g/mol. The number of rotatable bonds is 4. The van der Waals surface area contributed by atoms with Crippen LogP contribution in [0.1, 0.15) is 64.2 Å². The van der Waals surface area contributed by atoms with Gasteiger partial charge in [-0.25, -0.2) is 0 Å². The lowest BCUT2D eigenvalue weighted by Crippen LogP contribution is -2.47. The molecule has 3 saturated heterocycles. The quantitative estimate of drug-likeness (QED) is 0.360. The van der Waals surface area contributed by atoms with Crippen LogP contribution in [-0.4, -0.2) is 74.8 Å². The van der Waals surface area contributed by atoms with Gasteiger partial charge in [-0.1, -0.05) is 19.3 Å². The van der Waals surface area contributed by atoms with Crippen molar-refractivity contribution in [2.24, 2.45) is 16.3 Å². The smallest absolute Gasteiger partial charge is 0.193 e. The van der Waals surface area contributed by atoms with Crippen LogP contribution in [-0.2, 0) is 4.74 Å². The Kier molecular flexibility index (Phi) is 8.72. The standard InChI is InChI=1S/C22H40N4O.HI/c1-23-21(26-13-9-22(18-26)10-14-27-15-11-22)24-16-20-8-5-12-25(20)17-19-6-3-2-4-7-19;/h19-20H,2-18H2,1H3,(H,23,24);1H. The highest BCUT2D eigenvalue weighted by atomic mass is 127. The molecule has 1 N–H and O–H groups in total. The summed E-state index contributed by atoms with van der Waals surface area (Å²) in [6.45, 7) is 7.89. The number of aliphatic imine (C=N–C) groups is 1. The van der Waals surface area contributed by atoms with E-state index in [-0.39, 0.29) is 24.0 Å². The van der Waals surface area contributed by atoms with Gasteiger partial charge in [-0.2, -0.15) is 0 Å². The van der Waals surface area contributed by atoms with Crippen LogP contribution in [0.25, 0.3) is 0 Å². The van der Waals surface area contributed by atoms with E-state index in [9.17, 15) is 0 Å². The van der Waals surface area contributed by atoms with Gasteiger partial charge in [0, 0.05) is 52.5 Å². The van der Waals surface area contributed by atoms with E-state index >= 15 is 0 Å². The number of nitrogens with one attached hydrogen (secondary N) is 1. The SMILES string of the molecule is CN=C(NCC1CCCN1CC1CCCCC1)N1CCC2(CCOCC2)C1.I. The second kappa shape index (κ2) is 10.8. The van der Waals surface area contributed by atoms with Crippen LogP contribution in [0.5, 0.6) is 0 Å². The molecule has 1 saturated carbocycles. The van der Waals surface area contributed by atoms with Crippen LogP contribution in [0.2, 0.25) is 0 Å². The van der Waals surface area contributed by atoms with Crippen LogP contribution in [0.3, 0.4) is 0 Å². The van der Waals surface area contributed by atoms with Crippen LogP contribution in [0.15, 0.2) is 4.99 Å². The van der Waals surface area contributed by atoms with E-state index in [0.717, 1.165) is 44.7 Å². The molecule has 28 heavy (non-hydrogen) atoms. The number of nitrogens with zero attached hydrogens (tertiary/aromatic N) is 3. The van der Waals surface area contributed by atoms with Crippen molar-refractivity contribution in [2.45, 2.75) is 70.3 Å². The van der Waals surface area contributed by atoms with Crippen molar-refractivity contribution in [1.82, 2.24) is 15.1 Å². The largest absolute Gasteiger partial charge is 0.381 e. The maximum absolute atomic E-state index is 5.60. The summed E-state index contributed by atoms with van der Waals surface area (Å²) in [5.41, 5.74) is 0.482. The number of hydrogen-bond acceptors (Lipinski definition) is 3. The second-order valence-corrected chi connectivity index (χ2v) is 9.51. The Hall–Kier alpha value is -0.0800. The Bertz CT molecular complexity index is 503. The fourth-order valence-corrected chi connectivity index (χ4v) is 5.94. The Morgan fingerprint density at radius 3 is 2.57 bits per heavy atom. The van der Waals surface area contributed by atoms with E-state index in [1.165, 1.54) is 77.3 Å². The lowest BCUT2D eigenvalue weighted by atomic mass is 9.80. The first kappa shape index (κ1) is 22.6. The predicted molar refractivity (Wildman–Crippen MR) is 127 cm³/mol. The van der Waals surface area contributed by atoms with Gasteiger partial charge in [-0.05, 0) is 62.8 Å². The molecule has 3 aliphatic heterocycles. The van der Waals surface area contributed by atoms with Gasteiger partial charge < -0.3 is 15.0 Å². The number of hydrogen-bond donors (Lipinski definition) is 1. The third-order valence-electron chi connectivity index (χ3n) is 7.72. The lowest BCUT2D eigenvalue weighted by Gasteiger charge is -2.34. The second-order valence-electron chi connectivity index (χ2n) is 9.51. The zero-order valence-corrected chi connectivity index (χ0v) is 20.2. The molecule has 162 valence electrons. The van der Waals surface area contributed by atoms with E-state index < -0.39 is 0 Å². The van der Waals surface area contributed by atoms with Crippen molar-refractivity contribution in [1.29, 1.82) is 0 Å². The van der Waals surface area contributed by atoms with E-state index in [2.05, 4.69) is 20.1 Å². The minimum Gasteiger partial charge on any atom is -0.381 e. The first-order chi connectivity index (χ1) is 13.3. The van der Waals surface area contributed by atoms with E-state index in [1.807, 2.05) is 7.05 Å². The molecule has 0 bridgehead atoms. The van der Waals surface area contributed by atoms with Crippen LogP contribution in [0, 0.1) is 11.3 Å². The molecule has 0 amide bonds. The number of guanidine groups is 1. The molecule has 1 aliphatic carbocycles. The van der Waals surface area contributed by atoms with Gasteiger partial charge in [-0.3, -0.25) is 9.89 Å². The molecule has 1 atom stereocenters. The monoisotopic (exact) mass is 504 g/mol. The molecular formula is C22H41IN4O. The molecular weight excluding hydrogens is 463 g/mol. The Balaban J connectivity index is 0.00000225. The maximum Gasteiger partial charge on any atom is 0.193 e. The molecule has 0 aromatic carbocycles. The summed E-state index contributed by atoms with van der Waals surface area (Å²) in [7, 11) is 1.95. The van der Waals surface area contributed by atoms with Crippen LogP contribution >= 0.6 is 24.0 Å². The van der Waals surface area contributed by atoms with Crippen molar-refractivity contribution >= 4 is 29.9 Å². The van der Waals surface area contributed by atoms with Gasteiger partial charge in [0.15, 0.2) is 5.96 Å². The molecule has 0 aromatic rings. The van der Waals surface area contributed by atoms with Gasteiger partial charge in [0.2, 0.25) is 0 Å². The minimum absolute atomic E-state index is 0. The first-order valence-corrected chi connectivity index (χ1v) is 11.6. The van der Waals surface area contributed by atoms with Gasteiger partial charge in [0.25, 0.3) is 0 Å². The highest BCUT2D eigenvalue weighted by molar-refractivity contribution is 14.0. The van der Waals surface area contributed by atoms with Gasteiger partial charge in [0.1, 0.15) is 0 Å². The highest BCUT2D eigenvalue weighted by Crippen LogP contribution is 2.39. The van der Waals surface area contributed by atoms with Crippen LogP contribution in [0.4, 0.5) is 0 Å². The summed E-state index contributed by atoms with van der Waals surface area (Å²) in [6, 6.07) is 0.698. The third kappa shape index (κ3) is 5.54. The molecule has 0 aromatic heterocycles. The van der Waals surface area contributed by atoms with Gasteiger partial charge >= 0.3 is 0 Å². The van der Waals surface area contributed by atoms with Crippen molar-refractivity contribution in [3.05, 3.63) is 0 Å². The first-order valence-electron chi connectivity index (χ1n) is 11.6. The molecule has 0 radical (unpaired) electrons. The van der Waals surface area contributed by atoms with Gasteiger partial charge in [0.05, 0.1) is 0 Å². The van der Waals surface area contributed by atoms with E-state index in [0.29, 0.717) is 11.5 Å². The van der Waals surface area contributed by atoms with Crippen molar-refractivity contribution in [3.8, 4) is 0 Å². The van der Waals surface area contributed by atoms with Gasteiger partial charge in [-0.15, -0.1) is 24.0 Å². The number of ether oxygens (including phenoxy) is 1. The molecule has 4 aliphatic rings. The molecule has 4 fully saturated rings. The summed E-state index contributed by atoms with van der Waals surface area (Å²) in [5.74, 6) is 2.08. The number of likely N-dealkylation sites (tertiary alicyclic amines) is 2. The zero-order chi connectivity index (χ0) is 18.5. The summed E-state index contributed by atoms with van der Waals surface area (Å²) >= 11 is 0. The molecule has 1 spiro atoms. The van der Waals surface area contributed by atoms with Crippen LogP contribution < -0.4 is 5.32 Å². The van der Waals surface area contributed by atoms with Crippen molar-refractivity contribution in [2.75, 3.05) is 53.0 Å². The fraction of sp³-hybridized carbons (Fsp3) is 0.955. The Morgan fingerprint density at radius 2 is 1.82 bits per heavy atom. The normalized spacial score (nSPS) is 29.2. The summed E-state index contributed by atoms with van der Waals surface area (Å²) in [4.78, 5) is 9.92. The molecule has 5 nitrogen and oxygen atoms in total. The molecule has 1 unspecified atom stereocenters. The maximum atomic E-state index is 5.60. The molecule has 4 rings (SSSR count). The average Bonchev–Trinajstić information content (AvgIpc) is 3.31. The Labute approximate surface area is 189 Å². The predicted octanol–water partition coefficient (Wildman–Crippen LogP) is 3.73.